The second-order valence-corrected chi connectivity index (χ2v) is 8.83. The summed E-state index contributed by atoms with van der Waals surface area (Å²) < 4.78 is 6.83. The number of hydrogen-bond acceptors (Lipinski definition) is 8. The van der Waals surface area contributed by atoms with Crippen molar-refractivity contribution in [1.29, 1.82) is 0 Å². The van der Waals surface area contributed by atoms with Crippen molar-refractivity contribution in [2.24, 2.45) is 5.73 Å². The van der Waals surface area contributed by atoms with E-state index in [1.54, 1.807) is 42.5 Å². The zero-order valence-corrected chi connectivity index (χ0v) is 20.0. The highest BCUT2D eigenvalue weighted by Gasteiger charge is 2.39. The van der Waals surface area contributed by atoms with Crippen LogP contribution in [-0.2, 0) is 20.9 Å². The molecule has 2 aromatic carbocycles. The SMILES string of the molecule is NC(=O)CCOc1ccc(NC(=O)c2cn(-c3ccc4c(c3)CN(C3CCC(=O)NC3=O)C4=O)nn2)cc1. The molecule has 194 valence electrons. The summed E-state index contributed by atoms with van der Waals surface area (Å²) in [6, 6.07) is 11.0. The van der Waals surface area contributed by atoms with Crippen LogP contribution in [0.5, 0.6) is 5.75 Å². The number of piperidine rings is 1. The molecular weight excluding hydrogens is 494 g/mol. The van der Waals surface area contributed by atoms with Crippen LogP contribution in [0, 0.1) is 0 Å². The lowest BCUT2D eigenvalue weighted by atomic mass is 10.0. The summed E-state index contributed by atoms with van der Waals surface area (Å²) in [4.78, 5) is 61.5. The Bertz CT molecular complexity index is 1450. The van der Waals surface area contributed by atoms with E-state index in [4.69, 9.17) is 10.5 Å². The van der Waals surface area contributed by atoms with Crippen LogP contribution in [0.15, 0.2) is 48.7 Å². The summed E-state index contributed by atoms with van der Waals surface area (Å²) >= 11 is 0. The molecule has 4 N–H and O–H groups in total. The molecule has 1 atom stereocenters. The Morgan fingerprint density at radius 2 is 1.92 bits per heavy atom. The van der Waals surface area contributed by atoms with Gasteiger partial charge >= 0.3 is 0 Å². The van der Waals surface area contributed by atoms with Crippen molar-refractivity contribution in [2.75, 3.05) is 11.9 Å². The number of carbonyl (C=O) groups excluding carboxylic acids is 5. The number of hydrogen-bond donors (Lipinski definition) is 3. The predicted octanol–water partition coefficient (Wildman–Crippen LogP) is 0.535. The number of imide groups is 1. The third-order valence-corrected chi connectivity index (χ3v) is 6.23. The van der Waals surface area contributed by atoms with E-state index in [2.05, 4.69) is 20.9 Å². The minimum Gasteiger partial charge on any atom is -0.493 e. The van der Waals surface area contributed by atoms with Gasteiger partial charge in [0.05, 0.1) is 24.9 Å². The van der Waals surface area contributed by atoms with Crippen LogP contribution in [0.1, 0.15) is 45.7 Å². The number of amides is 5. The van der Waals surface area contributed by atoms with Gasteiger partial charge in [-0.2, -0.15) is 0 Å². The van der Waals surface area contributed by atoms with Gasteiger partial charge < -0.3 is 20.7 Å². The van der Waals surface area contributed by atoms with E-state index >= 15 is 0 Å². The fourth-order valence-electron chi connectivity index (χ4n) is 4.30. The minimum absolute atomic E-state index is 0.0773. The highest BCUT2D eigenvalue weighted by atomic mass is 16.5. The summed E-state index contributed by atoms with van der Waals surface area (Å²) in [5.74, 6) is -1.49. The van der Waals surface area contributed by atoms with E-state index in [1.807, 2.05) is 0 Å². The molecule has 3 aromatic rings. The average Bonchev–Trinajstić information content (AvgIpc) is 3.50. The molecule has 1 fully saturated rings. The van der Waals surface area contributed by atoms with Gasteiger partial charge in [-0.3, -0.25) is 29.3 Å². The molecule has 0 aliphatic carbocycles. The van der Waals surface area contributed by atoms with Gasteiger partial charge in [-0.1, -0.05) is 5.21 Å². The van der Waals surface area contributed by atoms with Gasteiger partial charge in [0.15, 0.2) is 5.69 Å². The molecule has 2 aliphatic rings. The highest BCUT2D eigenvalue weighted by Crippen LogP contribution is 2.29. The molecule has 38 heavy (non-hydrogen) atoms. The Kier molecular flexibility index (Phi) is 6.56. The third kappa shape index (κ3) is 5.07. The maximum atomic E-state index is 12.9. The van der Waals surface area contributed by atoms with Crippen LogP contribution in [0.4, 0.5) is 5.69 Å². The number of benzene rings is 2. The maximum absolute atomic E-state index is 12.9. The van der Waals surface area contributed by atoms with E-state index in [1.165, 1.54) is 15.8 Å². The number of nitrogens with one attached hydrogen (secondary N) is 2. The molecule has 1 saturated heterocycles. The van der Waals surface area contributed by atoms with Gasteiger partial charge in [-0.15, -0.1) is 5.10 Å². The standard InChI is InChI=1S/C25H23N7O6/c26-21(33)9-10-38-17-4-1-15(2-5-17)27-23(35)19-13-32(30-29-19)16-3-6-18-14(11-16)12-31(25(18)37)20-7-8-22(34)28-24(20)36/h1-6,11,13,20H,7-10,12H2,(H2,26,33)(H,27,35)(H,28,34,36). The monoisotopic (exact) mass is 517 g/mol. The lowest BCUT2D eigenvalue weighted by molar-refractivity contribution is -0.137. The number of ether oxygens (including phenoxy) is 1. The molecule has 3 heterocycles. The highest BCUT2D eigenvalue weighted by molar-refractivity contribution is 6.05. The first-order chi connectivity index (χ1) is 18.3. The fraction of sp³-hybridized carbons (Fsp3) is 0.240. The summed E-state index contributed by atoms with van der Waals surface area (Å²) in [5, 5.41) is 13.0. The van der Waals surface area contributed by atoms with Gasteiger partial charge in [0.1, 0.15) is 11.8 Å². The zero-order chi connectivity index (χ0) is 26.8. The normalized spacial score (nSPS) is 16.7. The molecule has 13 nitrogen and oxygen atoms in total. The van der Waals surface area contributed by atoms with Gasteiger partial charge in [0, 0.05) is 24.2 Å². The third-order valence-electron chi connectivity index (χ3n) is 6.23. The van der Waals surface area contributed by atoms with Gasteiger partial charge in [0.2, 0.25) is 17.7 Å². The maximum Gasteiger partial charge on any atom is 0.277 e. The Labute approximate surface area is 215 Å². The van der Waals surface area contributed by atoms with Crippen LogP contribution in [-0.4, -0.2) is 62.1 Å². The number of nitrogens with zero attached hydrogens (tertiary/aromatic N) is 4. The lowest BCUT2D eigenvalue weighted by Gasteiger charge is -2.29. The van der Waals surface area contributed by atoms with Gasteiger partial charge in [0.25, 0.3) is 11.8 Å². The number of fused-ring (bicyclic) bond motifs is 1. The van der Waals surface area contributed by atoms with Crippen LogP contribution in [0.25, 0.3) is 5.69 Å². The smallest absolute Gasteiger partial charge is 0.277 e. The first-order valence-electron chi connectivity index (χ1n) is 11.8. The molecule has 0 spiro atoms. The Balaban J connectivity index is 1.23. The first kappa shape index (κ1) is 24.6. The topological polar surface area (TPSA) is 179 Å². The van der Waals surface area contributed by atoms with E-state index < -0.39 is 23.8 Å². The van der Waals surface area contributed by atoms with Crippen molar-refractivity contribution in [2.45, 2.75) is 31.8 Å². The largest absolute Gasteiger partial charge is 0.493 e. The van der Waals surface area contributed by atoms with Crippen LogP contribution in [0.2, 0.25) is 0 Å². The number of aromatic nitrogens is 3. The number of carbonyl (C=O) groups is 5. The summed E-state index contributed by atoms with van der Waals surface area (Å²) in [5.41, 5.74) is 7.44. The molecule has 5 amide bonds. The van der Waals surface area contributed by atoms with Crippen LogP contribution in [0.3, 0.4) is 0 Å². The lowest BCUT2D eigenvalue weighted by Crippen LogP contribution is -2.52. The van der Waals surface area contributed by atoms with Crippen molar-refractivity contribution in [3.8, 4) is 11.4 Å². The van der Waals surface area contributed by atoms with E-state index in [-0.39, 0.29) is 49.9 Å². The summed E-state index contributed by atoms with van der Waals surface area (Å²) in [6.07, 6.45) is 2.03. The summed E-state index contributed by atoms with van der Waals surface area (Å²) in [6.45, 7) is 0.383. The van der Waals surface area contributed by atoms with Crippen molar-refractivity contribution >= 4 is 35.2 Å². The average molecular weight is 518 g/mol. The number of rotatable bonds is 8. The fourth-order valence-corrected chi connectivity index (χ4v) is 4.30. The number of primary amides is 1. The minimum atomic E-state index is -0.700. The Hall–Kier alpha value is -5.07. The molecule has 0 radical (unpaired) electrons. The van der Waals surface area contributed by atoms with Crippen molar-refractivity contribution in [1.82, 2.24) is 25.2 Å². The molecule has 5 rings (SSSR count). The number of nitrogens with two attached hydrogens (primary N) is 1. The van der Waals surface area contributed by atoms with Crippen LogP contribution >= 0.6 is 0 Å². The second kappa shape index (κ2) is 10.1. The van der Waals surface area contributed by atoms with Gasteiger partial charge in [-0.25, -0.2) is 4.68 Å². The van der Waals surface area contributed by atoms with E-state index in [9.17, 15) is 24.0 Å². The van der Waals surface area contributed by atoms with E-state index in [0.29, 0.717) is 28.3 Å². The predicted molar refractivity (Wildman–Crippen MR) is 131 cm³/mol. The molecule has 13 heteroatoms. The Morgan fingerprint density at radius 1 is 1.13 bits per heavy atom. The van der Waals surface area contributed by atoms with Crippen molar-refractivity contribution in [3.05, 3.63) is 65.5 Å². The van der Waals surface area contributed by atoms with Gasteiger partial charge in [-0.05, 0) is 54.4 Å². The molecule has 1 aromatic heterocycles. The molecule has 1 unspecified atom stereocenters. The Morgan fingerprint density at radius 3 is 2.66 bits per heavy atom. The second-order valence-electron chi connectivity index (χ2n) is 8.83. The molecule has 2 aliphatic heterocycles. The first-order valence-corrected chi connectivity index (χ1v) is 11.8. The van der Waals surface area contributed by atoms with E-state index in [0.717, 1.165) is 0 Å². The van der Waals surface area contributed by atoms with Crippen LogP contribution < -0.4 is 21.1 Å². The van der Waals surface area contributed by atoms with Crippen molar-refractivity contribution in [3.63, 3.8) is 0 Å². The molecule has 0 bridgehead atoms. The summed E-state index contributed by atoms with van der Waals surface area (Å²) in [7, 11) is 0. The molecule has 0 saturated carbocycles. The zero-order valence-electron chi connectivity index (χ0n) is 20.0. The molecular formula is C25H23N7O6. The number of anilines is 1. The van der Waals surface area contributed by atoms with Crippen molar-refractivity contribution < 1.29 is 28.7 Å². The quantitative estimate of drug-likeness (QED) is 0.362.